The average molecular weight is 325 g/mol. The van der Waals surface area contributed by atoms with Crippen molar-refractivity contribution in [2.24, 2.45) is 0 Å². The first-order chi connectivity index (χ1) is 11.7. The van der Waals surface area contributed by atoms with Crippen molar-refractivity contribution in [2.75, 3.05) is 13.7 Å². The average Bonchev–Trinajstić information content (AvgIpc) is 3.11. The normalized spacial score (nSPS) is 16.9. The Kier molecular flexibility index (Phi) is 4.99. The molecule has 1 aromatic carbocycles. The SMILES string of the molecule is COc1cccc([C@@H]2CCCN2C(=O)NCc2ccncc2C)c1. The lowest BCUT2D eigenvalue weighted by molar-refractivity contribution is 0.192. The topological polar surface area (TPSA) is 54.5 Å². The molecule has 0 spiro atoms. The second-order valence-electron chi connectivity index (χ2n) is 6.09. The smallest absolute Gasteiger partial charge is 0.318 e. The van der Waals surface area contributed by atoms with E-state index in [1.54, 1.807) is 13.3 Å². The molecule has 3 rings (SSSR count). The summed E-state index contributed by atoms with van der Waals surface area (Å²) < 4.78 is 5.30. The van der Waals surface area contributed by atoms with Crippen LogP contribution in [0.3, 0.4) is 0 Å². The minimum absolute atomic E-state index is 0.0171. The highest BCUT2D eigenvalue weighted by molar-refractivity contribution is 5.75. The highest BCUT2D eigenvalue weighted by Gasteiger charge is 2.30. The number of hydrogen-bond donors (Lipinski definition) is 1. The van der Waals surface area contributed by atoms with Gasteiger partial charge in [-0.1, -0.05) is 12.1 Å². The van der Waals surface area contributed by atoms with Crippen LogP contribution in [0.1, 0.15) is 35.6 Å². The standard InChI is InChI=1S/C19H23N3O2/c1-14-12-20-9-8-16(14)13-21-19(23)22-10-4-7-18(22)15-5-3-6-17(11-15)24-2/h3,5-6,8-9,11-12,18H,4,7,10,13H2,1-2H3,(H,21,23)/t18-/m0/s1. The van der Waals surface area contributed by atoms with Crippen LogP contribution in [0.15, 0.2) is 42.7 Å². The molecule has 5 nitrogen and oxygen atoms in total. The van der Waals surface area contributed by atoms with Crippen LogP contribution in [0.2, 0.25) is 0 Å². The van der Waals surface area contributed by atoms with Crippen LogP contribution in [-0.4, -0.2) is 29.6 Å². The second-order valence-corrected chi connectivity index (χ2v) is 6.09. The summed E-state index contributed by atoms with van der Waals surface area (Å²) in [7, 11) is 1.66. The molecule has 24 heavy (non-hydrogen) atoms. The number of benzene rings is 1. The number of carbonyl (C=O) groups excluding carboxylic acids is 1. The molecule has 2 heterocycles. The molecule has 126 valence electrons. The third kappa shape index (κ3) is 3.50. The maximum Gasteiger partial charge on any atom is 0.318 e. The molecule has 1 aromatic heterocycles. The van der Waals surface area contributed by atoms with E-state index in [4.69, 9.17) is 4.74 Å². The predicted octanol–water partition coefficient (Wildman–Crippen LogP) is 3.45. The molecule has 0 saturated carbocycles. The molecule has 1 atom stereocenters. The van der Waals surface area contributed by atoms with Gasteiger partial charge in [0.1, 0.15) is 5.75 Å². The Morgan fingerprint density at radius 3 is 3.08 bits per heavy atom. The van der Waals surface area contributed by atoms with E-state index in [0.717, 1.165) is 41.8 Å². The van der Waals surface area contributed by atoms with Crippen molar-refractivity contribution < 1.29 is 9.53 Å². The molecule has 0 bridgehead atoms. The zero-order valence-electron chi connectivity index (χ0n) is 14.2. The molecule has 2 aromatic rings. The van der Waals surface area contributed by atoms with Gasteiger partial charge < -0.3 is 15.0 Å². The van der Waals surface area contributed by atoms with Crippen LogP contribution in [0.4, 0.5) is 4.79 Å². The van der Waals surface area contributed by atoms with Crippen molar-refractivity contribution in [1.29, 1.82) is 0 Å². The van der Waals surface area contributed by atoms with E-state index >= 15 is 0 Å². The molecule has 1 fully saturated rings. The molecule has 5 heteroatoms. The summed E-state index contributed by atoms with van der Waals surface area (Å²) in [5.74, 6) is 0.826. The van der Waals surface area contributed by atoms with Crippen LogP contribution >= 0.6 is 0 Å². The van der Waals surface area contributed by atoms with Gasteiger partial charge in [-0.25, -0.2) is 4.79 Å². The number of urea groups is 1. The van der Waals surface area contributed by atoms with Crippen molar-refractivity contribution in [2.45, 2.75) is 32.4 Å². The molecule has 1 aliphatic rings. The molecule has 1 saturated heterocycles. The first-order valence-electron chi connectivity index (χ1n) is 8.27. The molecule has 1 N–H and O–H groups in total. The molecule has 2 amide bonds. The number of hydrogen-bond acceptors (Lipinski definition) is 3. The minimum atomic E-state index is -0.0171. The van der Waals surface area contributed by atoms with Gasteiger partial charge in [-0.3, -0.25) is 4.98 Å². The molecule has 0 radical (unpaired) electrons. The van der Waals surface area contributed by atoms with E-state index in [-0.39, 0.29) is 12.1 Å². The van der Waals surface area contributed by atoms with Gasteiger partial charge in [-0.05, 0) is 54.7 Å². The number of nitrogens with zero attached hydrogens (tertiary/aromatic N) is 2. The fourth-order valence-corrected chi connectivity index (χ4v) is 3.18. The number of ether oxygens (including phenoxy) is 1. The van der Waals surface area contributed by atoms with Gasteiger partial charge in [-0.15, -0.1) is 0 Å². The van der Waals surface area contributed by atoms with Gasteiger partial charge in [0, 0.05) is 25.5 Å². The number of methoxy groups -OCH3 is 1. The highest BCUT2D eigenvalue weighted by Crippen LogP contribution is 2.33. The minimum Gasteiger partial charge on any atom is -0.497 e. The van der Waals surface area contributed by atoms with E-state index in [1.807, 2.05) is 42.3 Å². The number of nitrogens with one attached hydrogen (secondary N) is 1. The van der Waals surface area contributed by atoms with Gasteiger partial charge >= 0.3 is 6.03 Å². The lowest BCUT2D eigenvalue weighted by Gasteiger charge is -2.25. The fourth-order valence-electron chi connectivity index (χ4n) is 3.18. The molecule has 1 aliphatic heterocycles. The van der Waals surface area contributed by atoms with Gasteiger partial charge in [0.2, 0.25) is 0 Å². The fraction of sp³-hybridized carbons (Fsp3) is 0.368. The zero-order valence-corrected chi connectivity index (χ0v) is 14.2. The Labute approximate surface area is 142 Å². The van der Waals surface area contributed by atoms with Gasteiger partial charge in [-0.2, -0.15) is 0 Å². The summed E-state index contributed by atoms with van der Waals surface area (Å²) in [4.78, 5) is 18.6. The number of pyridine rings is 1. The van der Waals surface area contributed by atoms with Crippen molar-refractivity contribution in [1.82, 2.24) is 15.2 Å². The first kappa shape index (κ1) is 16.3. The summed E-state index contributed by atoms with van der Waals surface area (Å²) >= 11 is 0. The highest BCUT2D eigenvalue weighted by atomic mass is 16.5. The number of likely N-dealkylation sites (tertiary alicyclic amines) is 1. The maximum absolute atomic E-state index is 12.6. The zero-order chi connectivity index (χ0) is 16.9. The van der Waals surface area contributed by atoms with Crippen molar-refractivity contribution in [3.8, 4) is 5.75 Å². The maximum atomic E-state index is 12.6. The van der Waals surface area contributed by atoms with Crippen LogP contribution in [-0.2, 0) is 6.54 Å². The van der Waals surface area contributed by atoms with Crippen molar-refractivity contribution in [3.63, 3.8) is 0 Å². The van der Waals surface area contributed by atoms with Crippen LogP contribution in [0.5, 0.6) is 5.75 Å². The Hall–Kier alpha value is -2.56. The molecule has 0 unspecified atom stereocenters. The summed E-state index contributed by atoms with van der Waals surface area (Å²) in [5, 5.41) is 3.04. The summed E-state index contributed by atoms with van der Waals surface area (Å²) in [5.41, 5.74) is 3.31. The lowest BCUT2D eigenvalue weighted by atomic mass is 10.0. The number of rotatable bonds is 4. The van der Waals surface area contributed by atoms with E-state index in [0.29, 0.717) is 6.54 Å². The molecule has 0 aliphatic carbocycles. The number of aryl methyl sites for hydroxylation is 1. The van der Waals surface area contributed by atoms with Crippen LogP contribution < -0.4 is 10.1 Å². The lowest BCUT2D eigenvalue weighted by Crippen LogP contribution is -2.39. The summed E-state index contributed by atoms with van der Waals surface area (Å²) in [6.07, 6.45) is 5.57. The van der Waals surface area contributed by atoms with E-state index in [2.05, 4.69) is 16.4 Å². The Bertz CT molecular complexity index is 717. The van der Waals surface area contributed by atoms with Crippen LogP contribution in [0.25, 0.3) is 0 Å². The Morgan fingerprint density at radius 2 is 2.29 bits per heavy atom. The van der Waals surface area contributed by atoms with Gasteiger partial charge in [0.25, 0.3) is 0 Å². The Morgan fingerprint density at radius 1 is 1.42 bits per heavy atom. The van der Waals surface area contributed by atoms with E-state index in [1.165, 1.54) is 0 Å². The summed E-state index contributed by atoms with van der Waals surface area (Å²) in [6, 6.07) is 10.0. The van der Waals surface area contributed by atoms with Gasteiger partial charge in [0.05, 0.1) is 13.2 Å². The second kappa shape index (κ2) is 7.34. The number of amides is 2. The largest absolute Gasteiger partial charge is 0.497 e. The summed E-state index contributed by atoms with van der Waals surface area (Å²) in [6.45, 7) is 3.31. The molecular weight excluding hydrogens is 302 g/mol. The first-order valence-corrected chi connectivity index (χ1v) is 8.27. The van der Waals surface area contributed by atoms with Crippen LogP contribution in [0, 0.1) is 6.92 Å². The third-order valence-corrected chi connectivity index (χ3v) is 4.56. The number of carbonyl (C=O) groups is 1. The molecular formula is C19H23N3O2. The number of aromatic nitrogens is 1. The van der Waals surface area contributed by atoms with Crippen molar-refractivity contribution >= 4 is 6.03 Å². The van der Waals surface area contributed by atoms with E-state index in [9.17, 15) is 4.79 Å². The Balaban J connectivity index is 1.68. The quantitative estimate of drug-likeness (QED) is 0.937. The predicted molar refractivity (Wildman–Crippen MR) is 92.9 cm³/mol. The third-order valence-electron chi connectivity index (χ3n) is 4.56. The van der Waals surface area contributed by atoms with E-state index < -0.39 is 0 Å². The monoisotopic (exact) mass is 325 g/mol. The van der Waals surface area contributed by atoms with Gasteiger partial charge in [0.15, 0.2) is 0 Å². The van der Waals surface area contributed by atoms with Crippen molar-refractivity contribution in [3.05, 3.63) is 59.4 Å².